The second-order valence-electron chi connectivity index (χ2n) is 5.48. The highest BCUT2D eigenvalue weighted by Crippen LogP contribution is 2.19. The Morgan fingerprint density at radius 2 is 1.91 bits per heavy atom. The molecule has 5 heteroatoms. The van der Waals surface area contributed by atoms with Gasteiger partial charge in [-0.15, -0.1) is 0 Å². The smallest absolute Gasteiger partial charge is 0.264 e. The molecule has 0 radical (unpaired) electrons. The van der Waals surface area contributed by atoms with Crippen LogP contribution in [0.2, 0.25) is 0 Å². The van der Waals surface area contributed by atoms with Crippen LogP contribution in [0, 0.1) is 5.82 Å². The van der Waals surface area contributed by atoms with Crippen molar-refractivity contribution in [3.63, 3.8) is 0 Å². The third kappa shape index (κ3) is 3.56. The highest BCUT2D eigenvalue weighted by Gasteiger charge is 2.29. The van der Waals surface area contributed by atoms with Crippen LogP contribution < -0.4 is 5.32 Å². The average molecular weight is 312 g/mol. The largest absolute Gasteiger partial charge is 0.382 e. The molecule has 1 heterocycles. The quantitative estimate of drug-likeness (QED) is 0.942. The highest BCUT2D eigenvalue weighted by molar-refractivity contribution is 6.04. The van der Waals surface area contributed by atoms with E-state index in [2.05, 4.69) is 10.5 Å². The number of hydrogen-bond acceptors (Lipinski definition) is 3. The van der Waals surface area contributed by atoms with Gasteiger partial charge in [-0.3, -0.25) is 4.79 Å². The van der Waals surface area contributed by atoms with Gasteiger partial charge in [-0.25, -0.2) is 4.39 Å². The zero-order valence-electron chi connectivity index (χ0n) is 12.7. The number of halogens is 1. The molecule has 0 bridgehead atoms. The predicted octanol–water partition coefficient (Wildman–Crippen LogP) is 3.20. The lowest BCUT2D eigenvalue weighted by Crippen LogP contribution is -2.36. The van der Waals surface area contributed by atoms with Crippen molar-refractivity contribution in [1.29, 1.82) is 0 Å². The van der Waals surface area contributed by atoms with Crippen LogP contribution in [0.4, 0.5) is 4.39 Å². The Hall–Kier alpha value is -2.69. The van der Waals surface area contributed by atoms with Gasteiger partial charge >= 0.3 is 0 Å². The molecule has 4 nitrogen and oxygen atoms in total. The first-order chi connectivity index (χ1) is 11.1. The van der Waals surface area contributed by atoms with Crippen LogP contribution in [0.1, 0.15) is 30.5 Å². The van der Waals surface area contributed by atoms with E-state index < -0.39 is 6.10 Å². The van der Waals surface area contributed by atoms with E-state index in [9.17, 15) is 9.18 Å². The molecule has 1 aliphatic heterocycles. The molecule has 1 amide bonds. The molecule has 2 aromatic rings. The van der Waals surface area contributed by atoms with Gasteiger partial charge in [0.25, 0.3) is 5.91 Å². The summed E-state index contributed by atoms with van der Waals surface area (Å²) < 4.78 is 12.9. The fraction of sp³-hybridized carbons (Fsp3) is 0.222. The molecule has 0 saturated carbocycles. The summed E-state index contributed by atoms with van der Waals surface area (Å²) in [7, 11) is 0. The summed E-state index contributed by atoms with van der Waals surface area (Å²) in [5.74, 6) is -0.513. The van der Waals surface area contributed by atoms with Gasteiger partial charge in [0.1, 0.15) is 5.82 Å². The van der Waals surface area contributed by atoms with Crippen molar-refractivity contribution >= 4 is 11.6 Å². The minimum atomic E-state index is -0.652. The molecular weight excluding hydrogens is 295 g/mol. The summed E-state index contributed by atoms with van der Waals surface area (Å²) in [5.41, 5.74) is 2.44. The van der Waals surface area contributed by atoms with Gasteiger partial charge in [0.05, 0.1) is 11.8 Å². The molecule has 0 aliphatic carbocycles. The number of benzene rings is 2. The number of nitrogens with one attached hydrogen (secondary N) is 1. The second kappa shape index (κ2) is 6.60. The van der Waals surface area contributed by atoms with Crippen LogP contribution in [0.25, 0.3) is 0 Å². The van der Waals surface area contributed by atoms with Gasteiger partial charge in [0, 0.05) is 6.42 Å². The Morgan fingerprint density at radius 3 is 2.61 bits per heavy atom. The molecule has 3 rings (SSSR count). The Morgan fingerprint density at radius 1 is 1.22 bits per heavy atom. The molecule has 0 fully saturated rings. The van der Waals surface area contributed by atoms with E-state index in [1.165, 1.54) is 12.1 Å². The number of hydrogen-bond donors (Lipinski definition) is 1. The van der Waals surface area contributed by atoms with Crippen molar-refractivity contribution in [3.05, 3.63) is 71.5 Å². The number of carbonyl (C=O) groups excluding carboxylic acids is 1. The van der Waals surface area contributed by atoms with Crippen LogP contribution in [0.15, 0.2) is 59.8 Å². The lowest BCUT2D eigenvalue weighted by atomic mass is 10.0. The predicted molar refractivity (Wildman–Crippen MR) is 85.4 cm³/mol. The summed E-state index contributed by atoms with van der Waals surface area (Å²) in [5, 5.41) is 6.87. The zero-order valence-corrected chi connectivity index (χ0v) is 12.7. The van der Waals surface area contributed by atoms with Crippen molar-refractivity contribution in [2.75, 3.05) is 0 Å². The number of nitrogens with zero attached hydrogens (tertiary/aromatic N) is 1. The second-order valence-corrected chi connectivity index (χ2v) is 5.48. The first-order valence-corrected chi connectivity index (χ1v) is 7.47. The monoisotopic (exact) mass is 312 g/mol. The van der Waals surface area contributed by atoms with E-state index in [1.807, 2.05) is 37.3 Å². The third-order valence-electron chi connectivity index (χ3n) is 3.80. The minimum Gasteiger partial charge on any atom is -0.382 e. The van der Waals surface area contributed by atoms with Crippen LogP contribution in [0.5, 0.6) is 0 Å². The van der Waals surface area contributed by atoms with Gasteiger partial charge in [-0.2, -0.15) is 0 Å². The van der Waals surface area contributed by atoms with Gasteiger partial charge in [0.2, 0.25) is 6.10 Å². The molecule has 2 atom stereocenters. The number of amides is 1. The topological polar surface area (TPSA) is 50.7 Å². The van der Waals surface area contributed by atoms with E-state index in [4.69, 9.17) is 4.84 Å². The molecule has 1 aliphatic rings. The standard InChI is InChI=1S/C18H17FN2O2/c1-12(13-5-3-2-4-6-13)20-18(22)17-11-16(21-23-17)14-7-9-15(19)10-8-14/h2-10,12,17H,11H2,1H3,(H,20,22)/t12-,17-/m1/s1. The maximum atomic E-state index is 12.9. The van der Waals surface area contributed by atoms with Crippen molar-refractivity contribution < 1.29 is 14.0 Å². The van der Waals surface area contributed by atoms with E-state index >= 15 is 0 Å². The Kier molecular flexibility index (Phi) is 4.37. The molecular formula is C18H17FN2O2. The van der Waals surface area contributed by atoms with Gasteiger partial charge in [0.15, 0.2) is 0 Å². The van der Waals surface area contributed by atoms with Gasteiger partial charge < -0.3 is 10.2 Å². The number of oxime groups is 1. The normalized spacial score (nSPS) is 18.0. The highest BCUT2D eigenvalue weighted by atomic mass is 19.1. The van der Waals surface area contributed by atoms with Crippen molar-refractivity contribution in [1.82, 2.24) is 5.32 Å². The summed E-state index contributed by atoms with van der Waals surface area (Å²) in [6.45, 7) is 1.92. The number of carbonyl (C=O) groups is 1. The third-order valence-corrected chi connectivity index (χ3v) is 3.80. The molecule has 0 saturated heterocycles. The summed E-state index contributed by atoms with van der Waals surface area (Å²) in [4.78, 5) is 17.5. The van der Waals surface area contributed by atoms with E-state index in [0.717, 1.165) is 11.1 Å². The Balaban J connectivity index is 1.59. The molecule has 2 aromatic carbocycles. The first-order valence-electron chi connectivity index (χ1n) is 7.47. The van der Waals surface area contributed by atoms with Crippen LogP contribution in [0.3, 0.4) is 0 Å². The van der Waals surface area contributed by atoms with Crippen molar-refractivity contribution in [2.24, 2.45) is 5.16 Å². The van der Waals surface area contributed by atoms with E-state index in [0.29, 0.717) is 12.1 Å². The van der Waals surface area contributed by atoms with Crippen molar-refractivity contribution in [3.8, 4) is 0 Å². The van der Waals surface area contributed by atoms with E-state index in [-0.39, 0.29) is 17.8 Å². The molecule has 0 aromatic heterocycles. The fourth-order valence-corrected chi connectivity index (χ4v) is 2.46. The van der Waals surface area contributed by atoms with Crippen LogP contribution in [-0.2, 0) is 9.63 Å². The summed E-state index contributed by atoms with van der Waals surface area (Å²) >= 11 is 0. The Labute approximate surface area is 134 Å². The van der Waals surface area contributed by atoms with Crippen LogP contribution in [-0.4, -0.2) is 17.7 Å². The molecule has 1 N–H and O–H groups in total. The van der Waals surface area contributed by atoms with Crippen molar-refractivity contribution in [2.45, 2.75) is 25.5 Å². The molecule has 118 valence electrons. The fourth-order valence-electron chi connectivity index (χ4n) is 2.46. The number of rotatable bonds is 4. The average Bonchev–Trinajstić information content (AvgIpc) is 3.06. The zero-order chi connectivity index (χ0) is 16.2. The maximum absolute atomic E-state index is 12.9. The summed E-state index contributed by atoms with van der Waals surface area (Å²) in [6, 6.07) is 15.6. The SMILES string of the molecule is C[C@@H](NC(=O)[C@H]1CC(c2ccc(F)cc2)=NO1)c1ccccc1. The van der Waals surface area contributed by atoms with Gasteiger partial charge in [-0.1, -0.05) is 47.6 Å². The lowest BCUT2D eigenvalue weighted by Gasteiger charge is -2.16. The van der Waals surface area contributed by atoms with Gasteiger partial charge in [-0.05, 0) is 30.2 Å². The summed E-state index contributed by atoms with van der Waals surface area (Å²) in [6.07, 6.45) is -0.278. The first kappa shape index (κ1) is 15.2. The molecule has 0 unspecified atom stereocenters. The van der Waals surface area contributed by atoms with Crippen LogP contribution >= 0.6 is 0 Å². The Bertz CT molecular complexity index is 714. The lowest BCUT2D eigenvalue weighted by molar-refractivity contribution is -0.131. The van der Waals surface area contributed by atoms with E-state index in [1.54, 1.807) is 12.1 Å². The molecule has 23 heavy (non-hydrogen) atoms. The molecule has 0 spiro atoms. The minimum absolute atomic E-state index is 0.109. The maximum Gasteiger partial charge on any atom is 0.264 e.